The molecule has 2 aliphatic rings. The highest BCUT2D eigenvalue weighted by Gasteiger charge is 2.42. The molecule has 0 radical (unpaired) electrons. The molecule has 2 aliphatic heterocycles. The summed E-state index contributed by atoms with van der Waals surface area (Å²) >= 11 is 0. The first kappa shape index (κ1) is 19.1. The largest absolute Gasteiger partial charge is 0.347 e. The number of rotatable bonds is 3. The zero-order valence-corrected chi connectivity index (χ0v) is 15.5. The number of amides is 2. The number of morpholine rings is 1. The minimum atomic E-state index is -0.809. The van der Waals surface area contributed by atoms with E-state index < -0.39 is 11.6 Å². The molecule has 7 heteroatoms. The Balaban J connectivity index is 1.67. The molecular formula is C19H28FN3O3. The second-order valence-electron chi connectivity index (χ2n) is 7.42. The van der Waals surface area contributed by atoms with Crippen LogP contribution in [0.1, 0.15) is 20.3 Å². The van der Waals surface area contributed by atoms with Crippen LogP contribution in [0.4, 0.5) is 14.9 Å². The van der Waals surface area contributed by atoms with Gasteiger partial charge in [0, 0.05) is 19.6 Å². The molecule has 0 bridgehead atoms. The van der Waals surface area contributed by atoms with Gasteiger partial charge in [-0.2, -0.15) is 0 Å². The molecule has 0 aromatic heterocycles. The zero-order chi connectivity index (χ0) is 18.6. The van der Waals surface area contributed by atoms with E-state index in [-0.39, 0.29) is 11.7 Å². The van der Waals surface area contributed by atoms with Crippen LogP contribution in [0.15, 0.2) is 24.3 Å². The van der Waals surface area contributed by atoms with Crippen molar-refractivity contribution in [2.45, 2.75) is 26.1 Å². The number of carbonyl (C=O) groups is 1. The number of hydrogen-bond donors (Lipinski definition) is 1. The van der Waals surface area contributed by atoms with E-state index >= 15 is 0 Å². The summed E-state index contributed by atoms with van der Waals surface area (Å²) in [5.74, 6) is -0.706. The molecule has 0 saturated carbocycles. The maximum absolute atomic E-state index is 13.8. The number of nitrogens with zero attached hydrogens (tertiary/aromatic N) is 2. The van der Waals surface area contributed by atoms with Crippen LogP contribution in [-0.2, 0) is 9.47 Å². The highest BCUT2D eigenvalue weighted by Crippen LogP contribution is 2.25. The quantitative estimate of drug-likeness (QED) is 0.895. The number of para-hydroxylation sites is 1. The molecule has 2 amide bonds. The fourth-order valence-electron chi connectivity index (χ4n) is 3.55. The molecular weight excluding hydrogens is 337 g/mol. The first-order chi connectivity index (χ1) is 12.5. The number of ether oxygens (including phenoxy) is 2. The fourth-order valence-corrected chi connectivity index (χ4v) is 3.55. The predicted molar refractivity (Wildman–Crippen MR) is 97.5 cm³/mol. The Kier molecular flexibility index (Phi) is 6.11. The van der Waals surface area contributed by atoms with E-state index in [2.05, 4.69) is 24.1 Å². The van der Waals surface area contributed by atoms with Gasteiger partial charge in [0.1, 0.15) is 5.82 Å². The highest BCUT2D eigenvalue weighted by molar-refractivity contribution is 5.89. The molecule has 1 atom stereocenters. The van der Waals surface area contributed by atoms with E-state index in [1.807, 2.05) is 0 Å². The number of halogens is 1. The molecule has 1 spiro atoms. The lowest BCUT2D eigenvalue weighted by atomic mass is 10.1. The number of benzene rings is 1. The third-order valence-electron chi connectivity index (χ3n) is 4.63. The van der Waals surface area contributed by atoms with Crippen LogP contribution in [0.2, 0.25) is 0 Å². The normalized spacial score (nSPS) is 24.7. The average Bonchev–Trinajstić information content (AvgIpc) is 2.78. The van der Waals surface area contributed by atoms with Gasteiger partial charge in [-0.25, -0.2) is 9.18 Å². The van der Waals surface area contributed by atoms with Gasteiger partial charge < -0.3 is 19.7 Å². The lowest BCUT2D eigenvalue weighted by Gasteiger charge is -2.43. The molecule has 144 valence electrons. The van der Waals surface area contributed by atoms with Gasteiger partial charge in [-0.15, -0.1) is 0 Å². The van der Waals surface area contributed by atoms with E-state index in [9.17, 15) is 9.18 Å². The molecule has 1 unspecified atom stereocenters. The predicted octanol–water partition coefficient (Wildman–Crippen LogP) is 2.76. The number of urea groups is 1. The molecule has 1 aromatic rings. The van der Waals surface area contributed by atoms with Gasteiger partial charge in [-0.1, -0.05) is 26.0 Å². The van der Waals surface area contributed by atoms with E-state index in [0.717, 1.165) is 19.5 Å². The average molecular weight is 365 g/mol. The van der Waals surface area contributed by atoms with Crippen LogP contribution in [-0.4, -0.2) is 67.6 Å². The van der Waals surface area contributed by atoms with Crippen LogP contribution in [0.25, 0.3) is 0 Å². The summed E-state index contributed by atoms with van der Waals surface area (Å²) in [7, 11) is 0. The van der Waals surface area contributed by atoms with Gasteiger partial charge in [0.05, 0.1) is 32.0 Å². The summed E-state index contributed by atoms with van der Waals surface area (Å²) < 4.78 is 25.8. The standard InChI is InChI=1S/C19H28FN3O3/c1-15(2)12-22-8-5-10-25-19(13-22)14-23(9-11-26-19)18(24)21-17-7-4-3-6-16(17)20/h3-4,6-7,15H,5,8-14H2,1-2H3,(H,21,24). The molecule has 3 rings (SSSR count). The van der Waals surface area contributed by atoms with Crippen molar-refractivity contribution < 1.29 is 18.7 Å². The second kappa shape index (κ2) is 8.33. The van der Waals surface area contributed by atoms with Gasteiger partial charge in [0.2, 0.25) is 0 Å². The van der Waals surface area contributed by atoms with Crippen molar-refractivity contribution in [1.29, 1.82) is 0 Å². The minimum absolute atomic E-state index is 0.182. The van der Waals surface area contributed by atoms with Crippen molar-refractivity contribution in [3.05, 3.63) is 30.1 Å². The SMILES string of the molecule is CC(C)CN1CCCOC2(C1)CN(C(=O)Nc1ccccc1F)CCO2. The molecule has 6 nitrogen and oxygen atoms in total. The molecule has 0 aliphatic carbocycles. The summed E-state index contributed by atoms with van der Waals surface area (Å²) in [5.41, 5.74) is 0.182. The Bertz CT molecular complexity index is 628. The van der Waals surface area contributed by atoms with Crippen molar-refractivity contribution >= 4 is 11.7 Å². The lowest BCUT2D eigenvalue weighted by molar-refractivity contribution is -0.260. The zero-order valence-electron chi connectivity index (χ0n) is 15.5. The summed E-state index contributed by atoms with van der Waals surface area (Å²) in [5, 5.41) is 2.65. The third-order valence-corrected chi connectivity index (χ3v) is 4.63. The van der Waals surface area contributed by atoms with Gasteiger partial charge in [-0.05, 0) is 24.5 Å². The number of hydrogen-bond acceptors (Lipinski definition) is 4. The maximum Gasteiger partial charge on any atom is 0.322 e. The third kappa shape index (κ3) is 4.72. The number of anilines is 1. The van der Waals surface area contributed by atoms with Crippen LogP contribution in [0, 0.1) is 11.7 Å². The van der Waals surface area contributed by atoms with Crippen molar-refractivity contribution in [3.63, 3.8) is 0 Å². The van der Waals surface area contributed by atoms with Crippen LogP contribution < -0.4 is 5.32 Å². The fraction of sp³-hybridized carbons (Fsp3) is 0.632. The van der Waals surface area contributed by atoms with E-state index in [1.54, 1.807) is 23.1 Å². The van der Waals surface area contributed by atoms with E-state index in [4.69, 9.17) is 9.47 Å². The Hall–Kier alpha value is -1.70. The summed E-state index contributed by atoms with van der Waals surface area (Å²) in [6, 6.07) is 5.83. The lowest BCUT2D eigenvalue weighted by Crippen LogP contribution is -2.60. The summed E-state index contributed by atoms with van der Waals surface area (Å²) in [6.45, 7) is 8.74. The highest BCUT2D eigenvalue weighted by atomic mass is 19.1. The molecule has 1 N–H and O–H groups in total. The Morgan fingerprint density at radius 1 is 1.23 bits per heavy atom. The Morgan fingerprint density at radius 3 is 2.77 bits per heavy atom. The first-order valence-corrected chi connectivity index (χ1v) is 9.28. The topological polar surface area (TPSA) is 54.0 Å². The van der Waals surface area contributed by atoms with Crippen molar-refractivity contribution in [2.24, 2.45) is 5.92 Å². The molecule has 2 saturated heterocycles. The Morgan fingerprint density at radius 2 is 2.00 bits per heavy atom. The van der Waals surface area contributed by atoms with Gasteiger partial charge >= 0.3 is 6.03 Å². The van der Waals surface area contributed by atoms with Crippen LogP contribution in [0.3, 0.4) is 0 Å². The molecule has 26 heavy (non-hydrogen) atoms. The van der Waals surface area contributed by atoms with Crippen molar-refractivity contribution in [1.82, 2.24) is 9.80 Å². The van der Waals surface area contributed by atoms with Crippen LogP contribution >= 0.6 is 0 Å². The van der Waals surface area contributed by atoms with Crippen LogP contribution in [0.5, 0.6) is 0 Å². The van der Waals surface area contributed by atoms with E-state index in [1.165, 1.54) is 6.07 Å². The Labute approximate surface area is 154 Å². The smallest absolute Gasteiger partial charge is 0.322 e. The summed E-state index contributed by atoms with van der Waals surface area (Å²) in [6.07, 6.45) is 0.944. The van der Waals surface area contributed by atoms with E-state index in [0.29, 0.717) is 38.8 Å². The molecule has 2 heterocycles. The monoisotopic (exact) mass is 365 g/mol. The van der Waals surface area contributed by atoms with Crippen molar-refractivity contribution in [2.75, 3.05) is 51.3 Å². The van der Waals surface area contributed by atoms with Gasteiger partial charge in [0.25, 0.3) is 0 Å². The second-order valence-corrected chi connectivity index (χ2v) is 7.42. The first-order valence-electron chi connectivity index (χ1n) is 9.28. The maximum atomic E-state index is 13.8. The van der Waals surface area contributed by atoms with Crippen molar-refractivity contribution in [3.8, 4) is 0 Å². The molecule has 1 aromatic carbocycles. The number of nitrogens with one attached hydrogen (secondary N) is 1. The minimum Gasteiger partial charge on any atom is -0.347 e. The van der Waals surface area contributed by atoms with Gasteiger partial charge in [0.15, 0.2) is 5.79 Å². The molecule has 2 fully saturated rings. The van der Waals surface area contributed by atoms with Gasteiger partial charge in [-0.3, -0.25) is 4.90 Å². The number of carbonyl (C=O) groups excluding carboxylic acids is 1. The summed E-state index contributed by atoms with van der Waals surface area (Å²) in [4.78, 5) is 16.6.